The molecule has 14 heavy (non-hydrogen) atoms. The van der Waals surface area contributed by atoms with E-state index in [0.29, 0.717) is 9.44 Å². The highest BCUT2D eigenvalue weighted by molar-refractivity contribution is 7.89. The van der Waals surface area contributed by atoms with Crippen LogP contribution in [0.25, 0.3) is 0 Å². The third-order valence-electron chi connectivity index (χ3n) is 1.57. The van der Waals surface area contributed by atoms with Gasteiger partial charge in [-0.3, -0.25) is 0 Å². The molecular weight excluding hydrogens is 228 g/mol. The summed E-state index contributed by atoms with van der Waals surface area (Å²) in [4.78, 5) is 10.0. The Bertz CT molecular complexity index is 429. The molecule has 0 amide bonds. The molecule has 0 aliphatic carbocycles. The number of sulfonamides is 1. The molecule has 1 rings (SSSR count). The van der Waals surface area contributed by atoms with Gasteiger partial charge in [-0.15, -0.1) is 4.91 Å². The third kappa shape index (κ3) is 2.02. The van der Waals surface area contributed by atoms with E-state index in [1.807, 2.05) is 0 Å². The van der Waals surface area contributed by atoms with Gasteiger partial charge in [0.15, 0.2) is 0 Å². The normalized spacial score (nSPS) is 11.0. The van der Waals surface area contributed by atoms with Crippen molar-refractivity contribution in [1.82, 2.24) is 4.41 Å². The Labute approximate surface area is 86.3 Å². The molecule has 76 valence electrons. The summed E-state index contributed by atoms with van der Waals surface area (Å²) in [6.07, 6.45) is 0. The van der Waals surface area contributed by atoms with Crippen LogP contribution >= 0.6 is 11.6 Å². The molecule has 0 aliphatic heterocycles. The van der Waals surface area contributed by atoms with Gasteiger partial charge in [-0.2, -0.15) is 12.8 Å². The van der Waals surface area contributed by atoms with Crippen LogP contribution in [0.4, 0.5) is 0 Å². The standard InChI is InChI=1S/C7H7ClN2O3S/c1-10(9-11)14(12,13)7-4-2-6(8)3-5-7/h2-5H,1H3. The highest BCUT2D eigenvalue weighted by atomic mass is 35.5. The molecule has 1 aromatic rings. The van der Waals surface area contributed by atoms with Gasteiger partial charge in [0.1, 0.15) is 0 Å². The molecule has 0 N–H and O–H groups in total. The van der Waals surface area contributed by atoms with E-state index >= 15 is 0 Å². The lowest BCUT2D eigenvalue weighted by Gasteiger charge is -2.09. The van der Waals surface area contributed by atoms with Gasteiger partial charge < -0.3 is 0 Å². The van der Waals surface area contributed by atoms with Gasteiger partial charge in [0.05, 0.1) is 10.2 Å². The summed E-state index contributed by atoms with van der Waals surface area (Å²) in [5.41, 5.74) is 0. The molecule has 0 aromatic heterocycles. The molecule has 7 heteroatoms. The number of benzene rings is 1. The lowest BCUT2D eigenvalue weighted by Crippen LogP contribution is -2.20. The molecule has 0 aliphatic rings. The van der Waals surface area contributed by atoms with Gasteiger partial charge in [-0.1, -0.05) is 11.6 Å². The molecule has 0 saturated carbocycles. The Morgan fingerprint density at radius 1 is 1.29 bits per heavy atom. The quantitative estimate of drug-likeness (QED) is 0.590. The smallest absolute Gasteiger partial charge is 0.200 e. The van der Waals surface area contributed by atoms with Crippen molar-refractivity contribution in [3.8, 4) is 0 Å². The lowest BCUT2D eigenvalue weighted by atomic mass is 10.4. The van der Waals surface area contributed by atoms with Crippen LogP contribution in [-0.2, 0) is 10.0 Å². The predicted octanol–water partition coefficient (Wildman–Crippen LogP) is 1.64. The van der Waals surface area contributed by atoms with E-state index in [-0.39, 0.29) is 4.90 Å². The molecule has 5 nitrogen and oxygen atoms in total. The second-order valence-corrected chi connectivity index (χ2v) is 4.86. The summed E-state index contributed by atoms with van der Waals surface area (Å²) in [6.45, 7) is 0. The van der Waals surface area contributed by atoms with Gasteiger partial charge in [0.2, 0.25) is 0 Å². The molecule has 0 radical (unpaired) electrons. The average molecular weight is 235 g/mol. The second kappa shape index (κ2) is 3.93. The van der Waals surface area contributed by atoms with Crippen LogP contribution < -0.4 is 0 Å². The van der Waals surface area contributed by atoms with Crippen LogP contribution in [0.1, 0.15) is 0 Å². The fraction of sp³-hybridized carbons (Fsp3) is 0.143. The molecule has 0 saturated heterocycles. The maximum absolute atomic E-state index is 11.5. The Morgan fingerprint density at radius 2 is 1.79 bits per heavy atom. The first-order valence-electron chi connectivity index (χ1n) is 3.56. The Hall–Kier alpha value is -1.14. The van der Waals surface area contributed by atoms with Gasteiger partial charge in [-0.05, 0) is 24.3 Å². The zero-order chi connectivity index (χ0) is 10.8. The molecular formula is C7H7ClN2O3S. The predicted molar refractivity (Wildman–Crippen MR) is 52.2 cm³/mol. The number of halogens is 1. The zero-order valence-corrected chi connectivity index (χ0v) is 8.79. The highest BCUT2D eigenvalue weighted by Gasteiger charge is 2.19. The largest absolute Gasteiger partial charge is 0.281 e. The van der Waals surface area contributed by atoms with Gasteiger partial charge >= 0.3 is 0 Å². The third-order valence-corrected chi connectivity index (χ3v) is 3.46. The van der Waals surface area contributed by atoms with E-state index in [4.69, 9.17) is 11.6 Å². The van der Waals surface area contributed by atoms with Crippen molar-refractivity contribution in [3.63, 3.8) is 0 Å². The average Bonchev–Trinajstić information content (AvgIpc) is 2.17. The molecule has 0 fully saturated rings. The fourth-order valence-corrected chi connectivity index (χ4v) is 1.80. The van der Waals surface area contributed by atoms with Crippen molar-refractivity contribution in [2.75, 3.05) is 7.05 Å². The van der Waals surface area contributed by atoms with Crippen molar-refractivity contribution in [2.45, 2.75) is 4.90 Å². The summed E-state index contributed by atoms with van der Waals surface area (Å²) in [5, 5.41) is 2.74. The van der Waals surface area contributed by atoms with E-state index < -0.39 is 10.0 Å². The second-order valence-electron chi connectivity index (χ2n) is 2.47. The van der Waals surface area contributed by atoms with Crippen LogP contribution in [0.2, 0.25) is 5.02 Å². The molecule has 1 aromatic carbocycles. The summed E-state index contributed by atoms with van der Waals surface area (Å²) in [5.74, 6) is 0. The van der Waals surface area contributed by atoms with Crippen LogP contribution in [0, 0.1) is 4.91 Å². The number of nitroso groups, excluding NO2 is 1. The first kappa shape index (κ1) is 10.9. The van der Waals surface area contributed by atoms with Crippen molar-refractivity contribution >= 4 is 21.6 Å². The molecule has 0 atom stereocenters. The number of rotatable bonds is 3. The van der Waals surface area contributed by atoms with Gasteiger partial charge in [0.25, 0.3) is 10.0 Å². The summed E-state index contributed by atoms with van der Waals surface area (Å²) >= 11 is 5.58. The van der Waals surface area contributed by atoms with Gasteiger partial charge in [-0.25, -0.2) is 0 Å². The Balaban J connectivity index is 3.17. The van der Waals surface area contributed by atoms with E-state index in [2.05, 4.69) is 5.29 Å². The zero-order valence-electron chi connectivity index (χ0n) is 7.21. The highest BCUT2D eigenvalue weighted by Crippen LogP contribution is 2.17. The summed E-state index contributed by atoms with van der Waals surface area (Å²) in [7, 11) is -2.74. The van der Waals surface area contributed by atoms with Crippen LogP contribution in [0.5, 0.6) is 0 Å². The number of hydrogen-bond acceptors (Lipinski definition) is 4. The minimum atomic E-state index is -3.81. The first-order valence-corrected chi connectivity index (χ1v) is 5.38. The number of nitrogens with zero attached hydrogens (tertiary/aromatic N) is 2. The SMILES string of the molecule is CN(N=O)S(=O)(=O)c1ccc(Cl)cc1. The minimum absolute atomic E-state index is 0.0241. The molecule has 0 unspecified atom stereocenters. The van der Waals surface area contributed by atoms with Crippen LogP contribution in [0.3, 0.4) is 0 Å². The number of hydrogen-bond donors (Lipinski definition) is 0. The van der Waals surface area contributed by atoms with E-state index in [1.165, 1.54) is 24.3 Å². The van der Waals surface area contributed by atoms with Crippen molar-refractivity contribution < 1.29 is 8.42 Å². The molecule has 0 heterocycles. The summed E-state index contributed by atoms with van der Waals surface area (Å²) in [6, 6.07) is 5.46. The lowest BCUT2D eigenvalue weighted by molar-refractivity contribution is 0.486. The van der Waals surface area contributed by atoms with Crippen molar-refractivity contribution in [3.05, 3.63) is 34.2 Å². The Morgan fingerprint density at radius 3 is 2.21 bits per heavy atom. The fourth-order valence-electron chi connectivity index (χ4n) is 0.803. The first-order chi connectivity index (χ1) is 6.48. The van der Waals surface area contributed by atoms with Crippen LogP contribution in [-0.4, -0.2) is 19.9 Å². The van der Waals surface area contributed by atoms with Gasteiger partial charge in [0, 0.05) is 12.1 Å². The van der Waals surface area contributed by atoms with Crippen LogP contribution in [0.15, 0.2) is 34.4 Å². The maximum Gasteiger partial charge on any atom is 0.281 e. The monoisotopic (exact) mass is 234 g/mol. The minimum Gasteiger partial charge on any atom is -0.200 e. The van der Waals surface area contributed by atoms with Crippen molar-refractivity contribution in [2.24, 2.45) is 5.29 Å². The van der Waals surface area contributed by atoms with E-state index in [0.717, 1.165) is 7.05 Å². The van der Waals surface area contributed by atoms with E-state index in [1.54, 1.807) is 0 Å². The maximum atomic E-state index is 11.5. The molecule has 0 bridgehead atoms. The summed E-state index contributed by atoms with van der Waals surface area (Å²) < 4.78 is 23.3. The van der Waals surface area contributed by atoms with E-state index in [9.17, 15) is 13.3 Å². The van der Waals surface area contributed by atoms with Crippen molar-refractivity contribution in [1.29, 1.82) is 0 Å². The Kier molecular flexibility index (Phi) is 3.07. The topological polar surface area (TPSA) is 66.8 Å². The molecule has 0 spiro atoms.